The third-order valence-corrected chi connectivity index (χ3v) is 5.25. The van der Waals surface area contributed by atoms with Crippen molar-refractivity contribution < 1.29 is 9.59 Å². The third-order valence-electron chi connectivity index (χ3n) is 4.76. The van der Waals surface area contributed by atoms with E-state index in [4.69, 9.17) is 5.73 Å². The second kappa shape index (κ2) is 4.92. The van der Waals surface area contributed by atoms with Crippen LogP contribution in [0.4, 0.5) is 0 Å². The summed E-state index contributed by atoms with van der Waals surface area (Å²) in [5.74, 6) is 0.106. The van der Waals surface area contributed by atoms with Gasteiger partial charge in [-0.15, -0.1) is 0 Å². The van der Waals surface area contributed by atoms with Gasteiger partial charge in [0.05, 0.1) is 0 Å². The van der Waals surface area contributed by atoms with E-state index in [0.29, 0.717) is 11.7 Å². The molecule has 0 unspecified atom stereocenters. The largest absolute Gasteiger partial charge is 0.364 e. The first-order valence-electron chi connectivity index (χ1n) is 7.45. The third kappa shape index (κ3) is 1.96. The van der Waals surface area contributed by atoms with Gasteiger partial charge in [-0.1, -0.05) is 22.0 Å². The number of nitrogens with two attached hydrogens (primary N) is 1. The number of imidazole rings is 1. The predicted octanol–water partition coefficient (Wildman–Crippen LogP) is 2.20. The van der Waals surface area contributed by atoms with Crippen LogP contribution in [-0.4, -0.2) is 28.4 Å². The molecule has 1 aliphatic carbocycles. The smallest absolute Gasteiger partial charge is 0.270 e. The van der Waals surface area contributed by atoms with E-state index in [0.717, 1.165) is 22.9 Å². The highest BCUT2D eigenvalue weighted by Gasteiger charge is 2.42. The summed E-state index contributed by atoms with van der Waals surface area (Å²) in [6.07, 6.45) is 1.89. The molecule has 2 aromatic rings. The van der Waals surface area contributed by atoms with Gasteiger partial charge in [0.25, 0.3) is 11.8 Å². The molecule has 1 aromatic heterocycles. The Morgan fingerprint density at radius 3 is 2.78 bits per heavy atom. The molecule has 7 heteroatoms. The van der Waals surface area contributed by atoms with E-state index in [1.54, 1.807) is 0 Å². The molecule has 2 amide bonds. The Morgan fingerprint density at radius 1 is 1.39 bits per heavy atom. The molecule has 3 heterocycles. The van der Waals surface area contributed by atoms with Crippen molar-refractivity contribution in [3.63, 3.8) is 0 Å². The molecule has 23 heavy (non-hydrogen) atoms. The Morgan fingerprint density at radius 2 is 2.13 bits per heavy atom. The van der Waals surface area contributed by atoms with Crippen molar-refractivity contribution in [1.82, 2.24) is 14.9 Å². The van der Waals surface area contributed by atoms with Gasteiger partial charge < -0.3 is 15.6 Å². The van der Waals surface area contributed by atoms with Gasteiger partial charge in [0.1, 0.15) is 11.5 Å². The second-order valence-corrected chi connectivity index (χ2v) is 6.92. The first kappa shape index (κ1) is 14.4. The number of nitrogens with zero attached hydrogens (tertiary/aromatic N) is 2. The topological polar surface area (TPSA) is 90.0 Å². The number of carbonyl (C=O) groups excluding carboxylic acids is 2. The van der Waals surface area contributed by atoms with E-state index < -0.39 is 5.91 Å². The zero-order valence-corrected chi connectivity index (χ0v) is 14.1. The summed E-state index contributed by atoms with van der Waals surface area (Å²) >= 11 is 3.49. The van der Waals surface area contributed by atoms with Gasteiger partial charge in [0.15, 0.2) is 5.69 Å². The number of halogens is 1. The number of hydrogen-bond acceptors (Lipinski definition) is 3. The first-order chi connectivity index (χ1) is 11.0. The Bertz CT molecular complexity index is 852. The molecular weight excluding hydrogens is 360 g/mol. The second-order valence-electron chi connectivity index (χ2n) is 6.00. The normalized spacial score (nSPS) is 20.8. The highest BCUT2D eigenvalue weighted by Crippen LogP contribution is 2.53. The van der Waals surface area contributed by atoms with Gasteiger partial charge >= 0.3 is 0 Å². The lowest BCUT2D eigenvalue weighted by atomic mass is 9.75. The molecule has 2 aliphatic heterocycles. The number of primary amides is 1. The van der Waals surface area contributed by atoms with E-state index >= 15 is 0 Å². The van der Waals surface area contributed by atoms with Gasteiger partial charge in [0, 0.05) is 23.1 Å². The summed E-state index contributed by atoms with van der Waals surface area (Å²) in [7, 11) is 1.54. The SMILES string of the molecule is CNC(=O)c1c(C(N)=O)nc2n1C1CC(C1)c1ccc(Br)cc1-2. The summed E-state index contributed by atoms with van der Waals surface area (Å²) < 4.78 is 2.83. The lowest BCUT2D eigenvalue weighted by molar-refractivity contribution is 0.0928. The fourth-order valence-corrected chi connectivity index (χ4v) is 3.98. The van der Waals surface area contributed by atoms with Crippen LogP contribution in [0.1, 0.15) is 51.3 Å². The van der Waals surface area contributed by atoms with Crippen LogP contribution in [0.5, 0.6) is 0 Å². The molecule has 3 aliphatic rings. The Kier molecular flexibility index (Phi) is 3.09. The first-order valence-corrected chi connectivity index (χ1v) is 8.24. The van der Waals surface area contributed by atoms with Gasteiger partial charge in [0.2, 0.25) is 0 Å². The average molecular weight is 375 g/mol. The molecule has 5 rings (SSSR count). The molecule has 1 saturated carbocycles. The van der Waals surface area contributed by atoms with E-state index in [1.165, 1.54) is 12.6 Å². The minimum atomic E-state index is -0.684. The Labute approximate surface area is 141 Å². The molecule has 118 valence electrons. The molecular formula is C16H15BrN4O2. The zero-order chi connectivity index (χ0) is 16.3. The van der Waals surface area contributed by atoms with Crippen LogP contribution in [0.15, 0.2) is 22.7 Å². The summed E-state index contributed by atoms with van der Waals surface area (Å²) in [6, 6.07) is 6.27. The maximum atomic E-state index is 12.3. The van der Waals surface area contributed by atoms with Gasteiger partial charge in [-0.25, -0.2) is 4.98 Å². The molecule has 1 fully saturated rings. The standard InChI is InChI=1S/C16H15BrN4O2/c1-19-16(23)13-12(14(18)22)20-15-11-6-8(17)2-3-10(11)7-4-9(5-7)21(13)15/h2-3,6-7,9H,4-5H2,1H3,(H2,18,22)(H,19,23). The fraction of sp³-hybridized carbons (Fsp3) is 0.312. The summed E-state index contributed by atoms with van der Waals surface area (Å²) in [5.41, 5.74) is 7.95. The van der Waals surface area contributed by atoms with Crippen molar-refractivity contribution in [1.29, 1.82) is 0 Å². The van der Waals surface area contributed by atoms with E-state index in [2.05, 4.69) is 32.3 Å². The highest BCUT2D eigenvalue weighted by molar-refractivity contribution is 9.10. The van der Waals surface area contributed by atoms with E-state index in [-0.39, 0.29) is 23.3 Å². The van der Waals surface area contributed by atoms with Crippen molar-refractivity contribution in [2.75, 3.05) is 7.05 Å². The molecule has 3 N–H and O–H groups in total. The molecule has 0 radical (unpaired) electrons. The summed E-state index contributed by atoms with van der Waals surface area (Å²) in [4.78, 5) is 28.6. The predicted molar refractivity (Wildman–Crippen MR) is 88.3 cm³/mol. The van der Waals surface area contributed by atoms with Crippen molar-refractivity contribution in [2.24, 2.45) is 5.73 Å². The molecule has 0 spiro atoms. The van der Waals surface area contributed by atoms with Crippen molar-refractivity contribution in [2.45, 2.75) is 24.8 Å². The number of amides is 2. The molecule has 1 aromatic carbocycles. The molecule has 0 atom stereocenters. The Hall–Kier alpha value is -2.15. The van der Waals surface area contributed by atoms with Crippen LogP contribution in [0.3, 0.4) is 0 Å². The number of carbonyl (C=O) groups is 2. The molecule has 0 saturated heterocycles. The van der Waals surface area contributed by atoms with Gasteiger partial charge in [-0.05, 0) is 36.5 Å². The van der Waals surface area contributed by atoms with Crippen LogP contribution < -0.4 is 11.1 Å². The number of hydrogen-bond donors (Lipinski definition) is 2. The quantitative estimate of drug-likeness (QED) is 0.843. The zero-order valence-electron chi connectivity index (χ0n) is 12.5. The number of aromatic nitrogens is 2. The summed E-state index contributed by atoms with van der Waals surface area (Å²) in [6.45, 7) is 0. The van der Waals surface area contributed by atoms with Crippen molar-refractivity contribution >= 4 is 27.7 Å². The van der Waals surface area contributed by atoms with E-state index in [9.17, 15) is 9.59 Å². The van der Waals surface area contributed by atoms with Crippen LogP contribution >= 0.6 is 15.9 Å². The fourth-order valence-electron chi connectivity index (χ4n) is 3.62. The Balaban J connectivity index is 2.05. The minimum Gasteiger partial charge on any atom is -0.364 e. The maximum absolute atomic E-state index is 12.3. The van der Waals surface area contributed by atoms with E-state index in [1.807, 2.05) is 16.7 Å². The highest BCUT2D eigenvalue weighted by atomic mass is 79.9. The minimum absolute atomic E-state index is 0.0376. The van der Waals surface area contributed by atoms with Crippen LogP contribution in [0.25, 0.3) is 11.4 Å². The molecule has 2 bridgehead atoms. The number of nitrogens with one attached hydrogen (secondary N) is 1. The number of benzene rings is 1. The maximum Gasteiger partial charge on any atom is 0.270 e. The molecule has 6 nitrogen and oxygen atoms in total. The van der Waals surface area contributed by atoms with Gasteiger partial charge in [-0.3, -0.25) is 9.59 Å². The lowest BCUT2D eigenvalue weighted by Crippen LogP contribution is -2.30. The van der Waals surface area contributed by atoms with Crippen LogP contribution in [-0.2, 0) is 0 Å². The number of rotatable bonds is 2. The monoisotopic (exact) mass is 374 g/mol. The average Bonchev–Trinajstić information content (AvgIpc) is 2.76. The van der Waals surface area contributed by atoms with Crippen molar-refractivity contribution in [3.05, 3.63) is 39.6 Å². The lowest BCUT2D eigenvalue weighted by Gasteiger charge is -2.35. The van der Waals surface area contributed by atoms with Crippen molar-refractivity contribution in [3.8, 4) is 11.4 Å². The van der Waals surface area contributed by atoms with Gasteiger partial charge in [-0.2, -0.15) is 0 Å². The van der Waals surface area contributed by atoms with Crippen LogP contribution in [0, 0.1) is 0 Å². The van der Waals surface area contributed by atoms with Crippen LogP contribution in [0.2, 0.25) is 0 Å². The summed E-state index contributed by atoms with van der Waals surface area (Å²) in [5, 5.41) is 2.59.